The number of aromatic amines is 1. The first-order valence-corrected chi connectivity index (χ1v) is 12.7. The number of nitrogens with zero attached hydrogens (tertiary/aromatic N) is 1. The Morgan fingerprint density at radius 2 is 1.97 bits per heavy atom. The van der Waals surface area contributed by atoms with Crippen LogP contribution < -0.4 is 21.3 Å². The number of rotatable bonds is 5. The molecule has 6 rings (SSSR count). The number of hydrogen-bond acceptors (Lipinski definition) is 5. The Balaban J connectivity index is 1.24. The van der Waals surface area contributed by atoms with Crippen molar-refractivity contribution in [3.05, 3.63) is 86.6 Å². The molecule has 3 heterocycles. The van der Waals surface area contributed by atoms with Crippen LogP contribution in [0.25, 0.3) is 20.7 Å². The first-order valence-electron chi connectivity index (χ1n) is 11.9. The van der Waals surface area contributed by atoms with Gasteiger partial charge in [-0.15, -0.1) is 11.3 Å². The summed E-state index contributed by atoms with van der Waals surface area (Å²) in [5, 5.41) is 3.68. The standard InChI is InChI=1S/C27H27N3O3S/c1-33-23-9-5-8-17-19(23)11-10-18-20(17)15-28-21(18)12-13-30-26(31)25-22(29-27(30)32)14-24(34-25)16-6-3-2-4-7-16/h2-9,14,18,20-21,28H,10-13,15H2,1H3,(H,29,32)/t18-,20+,21?/m1/s1. The van der Waals surface area contributed by atoms with Gasteiger partial charge in [0.2, 0.25) is 0 Å². The van der Waals surface area contributed by atoms with E-state index in [-0.39, 0.29) is 17.3 Å². The van der Waals surface area contributed by atoms with Crippen molar-refractivity contribution in [2.75, 3.05) is 13.7 Å². The summed E-state index contributed by atoms with van der Waals surface area (Å²) in [7, 11) is 1.74. The van der Waals surface area contributed by atoms with Gasteiger partial charge in [-0.1, -0.05) is 42.5 Å². The van der Waals surface area contributed by atoms with Gasteiger partial charge in [0.05, 0.1) is 12.6 Å². The minimum Gasteiger partial charge on any atom is -0.496 e. The monoisotopic (exact) mass is 473 g/mol. The molecule has 6 nitrogen and oxygen atoms in total. The highest BCUT2D eigenvalue weighted by atomic mass is 32.1. The third kappa shape index (κ3) is 3.51. The maximum Gasteiger partial charge on any atom is 0.328 e. The number of nitrogens with one attached hydrogen (secondary N) is 2. The van der Waals surface area contributed by atoms with Crippen LogP contribution in [-0.2, 0) is 13.0 Å². The van der Waals surface area contributed by atoms with E-state index in [0.717, 1.165) is 42.0 Å². The number of hydrogen-bond donors (Lipinski definition) is 2. The molecule has 0 spiro atoms. The minimum absolute atomic E-state index is 0.195. The molecule has 1 aliphatic heterocycles. The fourth-order valence-electron chi connectivity index (χ4n) is 5.88. The Hall–Kier alpha value is -3.16. The maximum atomic E-state index is 13.2. The molecule has 3 atom stereocenters. The molecule has 174 valence electrons. The first-order chi connectivity index (χ1) is 16.6. The lowest BCUT2D eigenvalue weighted by atomic mass is 9.74. The van der Waals surface area contributed by atoms with E-state index in [1.807, 2.05) is 42.5 Å². The summed E-state index contributed by atoms with van der Waals surface area (Å²) < 4.78 is 7.57. The Morgan fingerprint density at radius 1 is 1.12 bits per heavy atom. The Morgan fingerprint density at radius 3 is 2.79 bits per heavy atom. The van der Waals surface area contributed by atoms with Gasteiger partial charge in [0.1, 0.15) is 10.4 Å². The van der Waals surface area contributed by atoms with E-state index in [0.29, 0.717) is 28.6 Å². The summed E-state index contributed by atoms with van der Waals surface area (Å²) in [6, 6.07) is 18.5. The molecule has 0 radical (unpaired) electrons. The molecule has 2 aromatic carbocycles. The van der Waals surface area contributed by atoms with E-state index < -0.39 is 0 Å². The van der Waals surface area contributed by atoms with Gasteiger partial charge in [-0.2, -0.15) is 0 Å². The molecule has 2 aliphatic rings. The van der Waals surface area contributed by atoms with E-state index >= 15 is 0 Å². The second-order valence-electron chi connectivity index (χ2n) is 9.25. The number of thiophene rings is 1. The quantitative estimate of drug-likeness (QED) is 0.457. The van der Waals surface area contributed by atoms with Gasteiger partial charge in [0.25, 0.3) is 5.56 Å². The van der Waals surface area contributed by atoms with Gasteiger partial charge in [0, 0.05) is 29.9 Å². The third-order valence-electron chi connectivity index (χ3n) is 7.53. The molecular formula is C27H27N3O3S. The zero-order chi connectivity index (χ0) is 23.2. The van der Waals surface area contributed by atoms with Gasteiger partial charge in [-0.3, -0.25) is 9.36 Å². The van der Waals surface area contributed by atoms with Gasteiger partial charge >= 0.3 is 5.69 Å². The van der Waals surface area contributed by atoms with Gasteiger partial charge in [-0.05, 0) is 54.0 Å². The van der Waals surface area contributed by atoms with E-state index in [9.17, 15) is 9.59 Å². The van der Waals surface area contributed by atoms with Crippen LogP contribution in [0.15, 0.2) is 64.2 Å². The topological polar surface area (TPSA) is 76.1 Å². The van der Waals surface area contributed by atoms with E-state index in [1.165, 1.54) is 27.0 Å². The molecule has 1 saturated heterocycles. The fourth-order valence-corrected chi connectivity index (χ4v) is 6.94. The molecule has 34 heavy (non-hydrogen) atoms. The highest BCUT2D eigenvalue weighted by Crippen LogP contribution is 2.44. The van der Waals surface area contributed by atoms with Crippen molar-refractivity contribution >= 4 is 21.6 Å². The Bertz CT molecular complexity index is 1470. The van der Waals surface area contributed by atoms with Crippen molar-refractivity contribution in [2.45, 2.75) is 37.8 Å². The second-order valence-corrected chi connectivity index (χ2v) is 10.3. The predicted octanol–water partition coefficient (Wildman–Crippen LogP) is 4.14. The molecule has 4 aromatic rings. The number of benzene rings is 2. The van der Waals surface area contributed by atoms with Crippen LogP contribution in [0.5, 0.6) is 5.75 Å². The van der Waals surface area contributed by atoms with Crippen LogP contribution in [0.1, 0.15) is 29.9 Å². The van der Waals surface area contributed by atoms with Gasteiger partial charge in [0.15, 0.2) is 0 Å². The maximum absolute atomic E-state index is 13.2. The van der Waals surface area contributed by atoms with E-state index in [2.05, 4.69) is 22.4 Å². The molecule has 7 heteroatoms. The molecule has 0 amide bonds. The van der Waals surface area contributed by atoms with Crippen LogP contribution >= 0.6 is 11.3 Å². The predicted molar refractivity (Wildman–Crippen MR) is 136 cm³/mol. The minimum atomic E-state index is -0.330. The lowest BCUT2D eigenvalue weighted by Crippen LogP contribution is -2.38. The van der Waals surface area contributed by atoms with E-state index in [1.54, 1.807) is 7.11 Å². The van der Waals surface area contributed by atoms with Crippen molar-refractivity contribution in [1.82, 2.24) is 14.9 Å². The lowest BCUT2D eigenvalue weighted by Gasteiger charge is -2.31. The normalized spacial score (nSPS) is 21.4. The second kappa shape index (κ2) is 8.56. The molecule has 2 N–H and O–H groups in total. The SMILES string of the molecule is COc1cccc2c1CC[C@H]1C(CCn3c(=O)[nH]c4cc(-c5ccccc5)sc4c3=O)NC[C@@H]21. The fraction of sp³-hybridized carbons (Fsp3) is 0.333. The molecule has 1 aliphatic carbocycles. The average molecular weight is 474 g/mol. The smallest absolute Gasteiger partial charge is 0.328 e. The van der Waals surface area contributed by atoms with E-state index in [4.69, 9.17) is 4.74 Å². The van der Waals surface area contributed by atoms with Crippen molar-refractivity contribution in [3.63, 3.8) is 0 Å². The summed E-state index contributed by atoms with van der Waals surface area (Å²) in [6.07, 6.45) is 2.85. The Kier molecular flexibility index (Phi) is 5.38. The number of aromatic nitrogens is 2. The summed E-state index contributed by atoms with van der Waals surface area (Å²) in [5.74, 6) is 1.94. The first kappa shape index (κ1) is 21.4. The summed E-state index contributed by atoms with van der Waals surface area (Å²) in [6.45, 7) is 1.33. The van der Waals surface area contributed by atoms with Gasteiger partial charge in [-0.25, -0.2) is 4.79 Å². The highest BCUT2D eigenvalue weighted by molar-refractivity contribution is 7.22. The summed E-state index contributed by atoms with van der Waals surface area (Å²) >= 11 is 1.44. The van der Waals surface area contributed by atoms with Crippen LogP contribution in [0.2, 0.25) is 0 Å². The average Bonchev–Trinajstić information content (AvgIpc) is 3.48. The van der Waals surface area contributed by atoms with Crippen molar-refractivity contribution in [1.29, 1.82) is 0 Å². The van der Waals surface area contributed by atoms with Crippen LogP contribution in [0.4, 0.5) is 0 Å². The third-order valence-corrected chi connectivity index (χ3v) is 8.70. The molecular weight excluding hydrogens is 446 g/mol. The zero-order valence-electron chi connectivity index (χ0n) is 19.0. The molecule has 1 fully saturated rings. The number of fused-ring (bicyclic) bond motifs is 4. The summed E-state index contributed by atoms with van der Waals surface area (Å²) in [5.41, 5.74) is 3.85. The molecule has 0 saturated carbocycles. The highest BCUT2D eigenvalue weighted by Gasteiger charge is 2.40. The molecule has 0 bridgehead atoms. The van der Waals surface area contributed by atoms with Crippen LogP contribution in [0, 0.1) is 5.92 Å². The number of ether oxygens (including phenoxy) is 1. The van der Waals surface area contributed by atoms with Crippen molar-refractivity contribution in [3.8, 4) is 16.2 Å². The summed E-state index contributed by atoms with van der Waals surface area (Å²) in [4.78, 5) is 29.9. The number of H-pyrrole nitrogens is 1. The Labute approximate surface area is 201 Å². The van der Waals surface area contributed by atoms with Crippen molar-refractivity contribution < 1.29 is 4.74 Å². The van der Waals surface area contributed by atoms with Gasteiger partial charge < -0.3 is 15.0 Å². The van der Waals surface area contributed by atoms with Crippen LogP contribution in [0.3, 0.4) is 0 Å². The largest absolute Gasteiger partial charge is 0.496 e. The van der Waals surface area contributed by atoms with Crippen molar-refractivity contribution in [2.24, 2.45) is 5.92 Å². The van der Waals surface area contributed by atoms with Crippen LogP contribution in [-0.4, -0.2) is 29.2 Å². The lowest BCUT2D eigenvalue weighted by molar-refractivity contribution is 0.337. The number of methoxy groups -OCH3 is 1. The molecule has 1 unspecified atom stereocenters. The zero-order valence-corrected chi connectivity index (χ0v) is 19.9. The molecule has 2 aromatic heterocycles.